The molecule has 1 aliphatic rings. The molecule has 174 valence electrons. The van der Waals surface area contributed by atoms with Crippen LogP contribution in [0.1, 0.15) is 43.6 Å². The lowest BCUT2D eigenvalue weighted by atomic mass is 10.1. The van der Waals surface area contributed by atoms with Gasteiger partial charge in [0.1, 0.15) is 23.9 Å². The first-order chi connectivity index (χ1) is 16.5. The molecule has 0 radical (unpaired) electrons. The average Bonchev–Trinajstić information content (AvgIpc) is 3.09. The second kappa shape index (κ2) is 10.2. The van der Waals surface area contributed by atoms with Gasteiger partial charge in [-0.15, -0.1) is 0 Å². The van der Waals surface area contributed by atoms with Gasteiger partial charge in [0.2, 0.25) is 0 Å². The SMILES string of the molecule is CCOc1ccc(CN2C(=O)c3ccccc3C2=O)cc1C(=O)NCCOc1ccc(F)cc1. The zero-order chi connectivity index (χ0) is 24.1. The van der Waals surface area contributed by atoms with Gasteiger partial charge in [-0.1, -0.05) is 18.2 Å². The summed E-state index contributed by atoms with van der Waals surface area (Å²) in [6, 6.07) is 17.3. The van der Waals surface area contributed by atoms with Crippen molar-refractivity contribution in [3.05, 3.63) is 94.8 Å². The van der Waals surface area contributed by atoms with Gasteiger partial charge in [0.25, 0.3) is 17.7 Å². The molecule has 4 rings (SSSR count). The van der Waals surface area contributed by atoms with Gasteiger partial charge in [0.15, 0.2) is 0 Å². The first-order valence-electron chi connectivity index (χ1n) is 10.9. The van der Waals surface area contributed by atoms with Crippen LogP contribution in [0.15, 0.2) is 66.7 Å². The van der Waals surface area contributed by atoms with E-state index in [9.17, 15) is 18.8 Å². The van der Waals surface area contributed by atoms with Crippen molar-refractivity contribution in [2.75, 3.05) is 19.8 Å². The largest absolute Gasteiger partial charge is 0.493 e. The summed E-state index contributed by atoms with van der Waals surface area (Å²) in [4.78, 5) is 39.4. The number of fused-ring (bicyclic) bond motifs is 1. The molecular weight excluding hydrogens is 439 g/mol. The van der Waals surface area contributed by atoms with Gasteiger partial charge in [-0.05, 0) is 61.0 Å². The number of benzene rings is 3. The fourth-order valence-corrected chi connectivity index (χ4v) is 3.66. The highest BCUT2D eigenvalue weighted by Gasteiger charge is 2.35. The number of carbonyl (C=O) groups excluding carboxylic acids is 3. The Morgan fingerprint density at radius 2 is 1.62 bits per heavy atom. The van der Waals surface area contributed by atoms with Crippen molar-refractivity contribution in [2.24, 2.45) is 0 Å². The lowest BCUT2D eigenvalue weighted by Crippen LogP contribution is -2.30. The summed E-state index contributed by atoms with van der Waals surface area (Å²) in [5.74, 6) is -0.573. The van der Waals surface area contributed by atoms with E-state index in [4.69, 9.17) is 9.47 Å². The second-order valence-electron chi connectivity index (χ2n) is 7.56. The summed E-state index contributed by atoms with van der Waals surface area (Å²) in [5, 5.41) is 2.77. The molecule has 0 bridgehead atoms. The third kappa shape index (κ3) is 4.91. The van der Waals surface area contributed by atoms with E-state index in [-0.39, 0.29) is 48.8 Å². The van der Waals surface area contributed by atoms with E-state index < -0.39 is 0 Å². The summed E-state index contributed by atoms with van der Waals surface area (Å²) < 4.78 is 24.1. The Morgan fingerprint density at radius 3 is 2.26 bits per heavy atom. The van der Waals surface area contributed by atoms with Crippen molar-refractivity contribution in [2.45, 2.75) is 13.5 Å². The minimum atomic E-state index is -0.379. The summed E-state index contributed by atoms with van der Waals surface area (Å²) in [6.07, 6.45) is 0. The van der Waals surface area contributed by atoms with Crippen molar-refractivity contribution in [3.8, 4) is 11.5 Å². The first kappa shape index (κ1) is 23.0. The number of ether oxygens (including phenoxy) is 2. The van der Waals surface area contributed by atoms with Gasteiger partial charge in [0, 0.05) is 0 Å². The van der Waals surface area contributed by atoms with Gasteiger partial charge in [-0.25, -0.2) is 4.39 Å². The van der Waals surface area contributed by atoms with Gasteiger partial charge in [0.05, 0.1) is 36.4 Å². The number of rotatable bonds is 9. The van der Waals surface area contributed by atoms with Crippen molar-refractivity contribution in [3.63, 3.8) is 0 Å². The van der Waals surface area contributed by atoms with Crippen LogP contribution < -0.4 is 14.8 Å². The normalized spacial score (nSPS) is 12.5. The Balaban J connectivity index is 1.43. The van der Waals surface area contributed by atoms with Crippen molar-refractivity contribution in [1.29, 1.82) is 0 Å². The maximum atomic E-state index is 13.0. The number of amides is 3. The zero-order valence-electron chi connectivity index (χ0n) is 18.5. The molecule has 1 aliphatic heterocycles. The second-order valence-corrected chi connectivity index (χ2v) is 7.56. The first-order valence-corrected chi connectivity index (χ1v) is 10.9. The minimum Gasteiger partial charge on any atom is -0.493 e. The maximum Gasteiger partial charge on any atom is 0.261 e. The van der Waals surface area contributed by atoms with Gasteiger partial charge in [-0.2, -0.15) is 0 Å². The molecule has 3 aromatic carbocycles. The van der Waals surface area contributed by atoms with E-state index in [0.29, 0.717) is 34.8 Å². The van der Waals surface area contributed by atoms with Gasteiger partial charge < -0.3 is 14.8 Å². The number of hydrogen-bond acceptors (Lipinski definition) is 5. The van der Waals surface area contributed by atoms with E-state index in [1.807, 2.05) is 6.92 Å². The van der Waals surface area contributed by atoms with Gasteiger partial charge in [-0.3, -0.25) is 19.3 Å². The highest BCUT2D eigenvalue weighted by molar-refractivity contribution is 6.21. The number of imide groups is 1. The molecule has 0 saturated heterocycles. The number of nitrogens with zero attached hydrogens (tertiary/aromatic N) is 1. The molecule has 3 amide bonds. The van der Waals surface area contributed by atoms with Crippen molar-refractivity contribution in [1.82, 2.24) is 10.2 Å². The van der Waals surface area contributed by atoms with Crippen LogP contribution in [0.25, 0.3) is 0 Å². The monoisotopic (exact) mass is 462 g/mol. The molecule has 1 N–H and O–H groups in total. The predicted molar refractivity (Wildman–Crippen MR) is 122 cm³/mol. The Bertz CT molecular complexity index is 1190. The van der Waals surface area contributed by atoms with Crippen molar-refractivity contribution >= 4 is 17.7 Å². The van der Waals surface area contributed by atoms with Crippen LogP contribution in [0, 0.1) is 5.82 Å². The molecule has 0 aliphatic carbocycles. The molecule has 0 fully saturated rings. The molecular formula is C26H23FN2O5. The van der Waals surface area contributed by atoms with Crippen LogP contribution in [0.3, 0.4) is 0 Å². The van der Waals surface area contributed by atoms with E-state index >= 15 is 0 Å². The third-order valence-electron chi connectivity index (χ3n) is 5.28. The standard InChI is InChI=1S/C26H23FN2O5/c1-2-33-23-12-7-17(16-29-25(31)20-5-3-4-6-21(20)26(29)32)15-22(23)24(30)28-13-14-34-19-10-8-18(27)9-11-19/h3-12,15H,2,13-14,16H2,1H3,(H,28,30). The fraction of sp³-hybridized carbons (Fsp3) is 0.192. The Labute approximate surface area is 196 Å². The fourth-order valence-electron chi connectivity index (χ4n) is 3.66. The highest BCUT2D eigenvalue weighted by Crippen LogP contribution is 2.26. The third-order valence-corrected chi connectivity index (χ3v) is 5.28. The molecule has 3 aromatic rings. The minimum absolute atomic E-state index is 0.0344. The number of hydrogen-bond donors (Lipinski definition) is 1. The summed E-state index contributed by atoms with van der Waals surface area (Å²) in [6.45, 7) is 2.61. The molecule has 0 unspecified atom stereocenters. The van der Waals surface area contributed by atoms with E-state index in [0.717, 1.165) is 0 Å². The molecule has 0 saturated carbocycles. The maximum absolute atomic E-state index is 13.0. The lowest BCUT2D eigenvalue weighted by molar-refractivity contribution is 0.0642. The molecule has 0 spiro atoms. The van der Waals surface area contributed by atoms with Crippen LogP contribution in [-0.2, 0) is 6.54 Å². The molecule has 0 atom stereocenters. The molecule has 0 aromatic heterocycles. The predicted octanol–water partition coefficient (Wildman–Crippen LogP) is 3.83. The zero-order valence-corrected chi connectivity index (χ0v) is 18.5. The molecule has 8 heteroatoms. The van der Waals surface area contributed by atoms with Gasteiger partial charge >= 0.3 is 0 Å². The molecule has 1 heterocycles. The number of nitrogens with one attached hydrogen (secondary N) is 1. The highest BCUT2D eigenvalue weighted by atomic mass is 19.1. The van der Waals surface area contributed by atoms with E-state index in [2.05, 4.69) is 5.32 Å². The van der Waals surface area contributed by atoms with Crippen LogP contribution >= 0.6 is 0 Å². The van der Waals surface area contributed by atoms with Crippen LogP contribution in [-0.4, -0.2) is 42.4 Å². The Kier molecular flexibility index (Phi) is 6.87. The van der Waals surface area contributed by atoms with Crippen LogP contribution in [0.4, 0.5) is 4.39 Å². The van der Waals surface area contributed by atoms with E-state index in [1.165, 1.54) is 29.2 Å². The summed E-state index contributed by atoms with van der Waals surface area (Å²) in [7, 11) is 0. The Hall–Kier alpha value is -4.20. The van der Waals surface area contributed by atoms with Crippen molar-refractivity contribution < 1.29 is 28.2 Å². The average molecular weight is 462 g/mol. The lowest BCUT2D eigenvalue weighted by Gasteiger charge is -2.16. The summed E-state index contributed by atoms with van der Waals surface area (Å²) in [5.41, 5.74) is 1.65. The van der Waals surface area contributed by atoms with E-state index in [1.54, 1.807) is 42.5 Å². The van der Waals surface area contributed by atoms with Crippen LogP contribution in [0.5, 0.6) is 11.5 Å². The number of halogens is 1. The molecule has 7 nitrogen and oxygen atoms in total. The smallest absolute Gasteiger partial charge is 0.261 e. The Morgan fingerprint density at radius 1 is 0.941 bits per heavy atom. The summed E-state index contributed by atoms with van der Waals surface area (Å²) >= 11 is 0. The number of carbonyl (C=O) groups is 3. The van der Waals surface area contributed by atoms with Crippen LogP contribution in [0.2, 0.25) is 0 Å². The quantitative estimate of drug-likeness (QED) is 0.386. The molecule has 34 heavy (non-hydrogen) atoms. The topological polar surface area (TPSA) is 84.9 Å².